The number of pyridine rings is 1. The predicted molar refractivity (Wildman–Crippen MR) is 97.9 cm³/mol. The number of ether oxygens (including phenoxy) is 2. The van der Waals surface area contributed by atoms with Crippen molar-refractivity contribution in [2.24, 2.45) is 0 Å². The molecule has 1 aromatic heterocycles. The fraction of sp³-hybridized carbons (Fsp3) is 0.278. The number of Topliss-reactive ketones (excluding diaryl/α,β-unsaturated/α-hetero) is 1. The lowest BCUT2D eigenvalue weighted by Gasteiger charge is -2.11. The summed E-state index contributed by atoms with van der Waals surface area (Å²) in [6, 6.07) is 10.5. The Morgan fingerprint density at radius 2 is 1.88 bits per heavy atom. The molecule has 132 valence electrons. The van der Waals surface area contributed by atoms with E-state index >= 15 is 0 Å². The third-order valence-electron chi connectivity index (χ3n) is 3.32. The van der Waals surface area contributed by atoms with Crippen LogP contribution in [0.5, 0.6) is 5.88 Å². The highest BCUT2D eigenvalue weighted by Crippen LogP contribution is 2.21. The SMILES string of the molecule is COCCOc1ncccc1NC(=O)CCC(=O)c1ccc(Br)cc1. The molecule has 1 heterocycles. The zero-order chi connectivity index (χ0) is 18.1. The molecule has 2 rings (SSSR count). The number of carbonyl (C=O) groups excluding carboxylic acids is 2. The van der Waals surface area contributed by atoms with Crippen molar-refractivity contribution in [1.82, 2.24) is 4.98 Å². The lowest BCUT2D eigenvalue weighted by atomic mass is 10.1. The Labute approximate surface area is 154 Å². The molecule has 7 heteroatoms. The molecule has 25 heavy (non-hydrogen) atoms. The van der Waals surface area contributed by atoms with Crippen LogP contribution in [-0.2, 0) is 9.53 Å². The van der Waals surface area contributed by atoms with E-state index in [0.29, 0.717) is 30.3 Å². The van der Waals surface area contributed by atoms with E-state index in [-0.39, 0.29) is 24.5 Å². The van der Waals surface area contributed by atoms with Crippen molar-refractivity contribution in [3.63, 3.8) is 0 Å². The Hall–Kier alpha value is -2.25. The van der Waals surface area contributed by atoms with Crippen molar-refractivity contribution in [2.75, 3.05) is 25.6 Å². The molecular weight excluding hydrogens is 388 g/mol. The molecular formula is C18H19BrN2O4. The monoisotopic (exact) mass is 406 g/mol. The molecule has 0 aliphatic rings. The van der Waals surface area contributed by atoms with Gasteiger partial charge in [0.05, 0.1) is 6.61 Å². The first-order valence-corrected chi connectivity index (χ1v) is 8.55. The van der Waals surface area contributed by atoms with Gasteiger partial charge in [0, 0.05) is 36.2 Å². The topological polar surface area (TPSA) is 77.5 Å². The zero-order valence-electron chi connectivity index (χ0n) is 13.8. The van der Waals surface area contributed by atoms with E-state index in [1.54, 1.807) is 49.7 Å². The number of anilines is 1. The molecule has 0 aliphatic heterocycles. The second-order valence-corrected chi connectivity index (χ2v) is 6.09. The van der Waals surface area contributed by atoms with Crippen LogP contribution in [-0.4, -0.2) is 37.0 Å². The van der Waals surface area contributed by atoms with Crippen molar-refractivity contribution in [1.29, 1.82) is 0 Å². The Morgan fingerprint density at radius 3 is 2.60 bits per heavy atom. The van der Waals surface area contributed by atoms with Crippen molar-refractivity contribution >= 4 is 33.3 Å². The summed E-state index contributed by atoms with van der Waals surface area (Å²) in [5.41, 5.74) is 1.06. The van der Waals surface area contributed by atoms with E-state index < -0.39 is 0 Å². The van der Waals surface area contributed by atoms with Crippen molar-refractivity contribution in [3.8, 4) is 5.88 Å². The Kier molecular flexibility index (Phi) is 7.56. The minimum Gasteiger partial charge on any atom is -0.474 e. The van der Waals surface area contributed by atoms with E-state index in [4.69, 9.17) is 9.47 Å². The highest BCUT2D eigenvalue weighted by atomic mass is 79.9. The van der Waals surface area contributed by atoms with Gasteiger partial charge < -0.3 is 14.8 Å². The standard InChI is InChI=1S/C18H19BrN2O4/c1-24-11-12-25-18-15(3-2-10-20-18)21-17(23)9-8-16(22)13-4-6-14(19)7-5-13/h2-7,10H,8-9,11-12H2,1H3,(H,21,23). The molecule has 6 nitrogen and oxygen atoms in total. The van der Waals surface area contributed by atoms with Crippen molar-refractivity contribution in [3.05, 3.63) is 52.6 Å². The number of nitrogens with zero attached hydrogens (tertiary/aromatic N) is 1. The number of aromatic nitrogens is 1. The van der Waals surface area contributed by atoms with Gasteiger partial charge in [-0.25, -0.2) is 4.98 Å². The minimum absolute atomic E-state index is 0.0783. The van der Waals surface area contributed by atoms with Crippen LogP contribution in [0.2, 0.25) is 0 Å². The molecule has 0 fully saturated rings. The normalized spacial score (nSPS) is 10.3. The summed E-state index contributed by atoms with van der Waals surface area (Å²) in [6.07, 6.45) is 1.80. The van der Waals surface area contributed by atoms with Gasteiger partial charge in [-0.15, -0.1) is 0 Å². The van der Waals surface area contributed by atoms with E-state index in [9.17, 15) is 9.59 Å². The molecule has 0 spiro atoms. The maximum Gasteiger partial charge on any atom is 0.237 e. The minimum atomic E-state index is -0.268. The van der Waals surface area contributed by atoms with Crippen LogP contribution in [0.4, 0.5) is 5.69 Å². The first kappa shape index (κ1) is 19.1. The first-order chi connectivity index (χ1) is 12.1. The molecule has 0 saturated heterocycles. The smallest absolute Gasteiger partial charge is 0.237 e. The number of carbonyl (C=O) groups is 2. The molecule has 1 amide bonds. The highest BCUT2D eigenvalue weighted by Gasteiger charge is 2.12. The molecule has 2 aromatic rings. The Morgan fingerprint density at radius 1 is 1.12 bits per heavy atom. The molecule has 0 aliphatic carbocycles. The van der Waals surface area contributed by atoms with E-state index in [1.165, 1.54) is 0 Å². The quantitative estimate of drug-likeness (QED) is 0.509. The van der Waals surface area contributed by atoms with Gasteiger partial charge in [0.2, 0.25) is 11.8 Å². The number of methoxy groups -OCH3 is 1. The summed E-state index contributed by atoms with van der Waals surface area (Å²) in [4.78, 5) is 28.3. The molecule has 1 aromatic carbocycles. The van der Waals surface area contributed by atoms with E-state index in [2.05, 4.69) is 26.2 Å². The van der Waals surface area contributed by atoms with Gasteiger partial charge in [0.1, 0.15) is 12.3 Å². The lowest BCUT2D eigenvalue weighted by molar-refractivity contribution is -0.116. The van der Waals surface area contributed by atoms with Crippen molar-refractivity contribution < 1.29 is 19.1 Å². The van der Waals surface area contributed by atoms with Crippen LogP contribution < -0.4 is 10.1 Å². The van der Waals surface area contributed by atoms with Gasteiger partial charge in [-0.05, 0) is 24.3 Å². The van der Waals surface area contributed by atoms with Crippen LogP contribution in [0, 0.1) is 0 Å². The number of ketones is 1. The largest absolute Gasteiger partial charge is 0.474 e. The Bertz CT molecular complexity index is 719. The summed E-state index contributed by atoms with van der Waals surface area (Å²) in [5, 5.41) is 2.73. The second-order valence-electron chi connectivity index (χ2n) is 5.18. The molecule has 0 saturated carbocycles. The third-order valence-corrected chi connectivity index (χ3v) is 3.85. The summed E-state index contributed by atoms with van der Waals surface area (Å²) >= 11 is 3.32. The van der Waals surface area contributed by atoms with Gasteiger partial charge in [-0.2, -0.15) is 0 Å². The first-order valence-electron chi connectivity index (χ1n) is 7.75. The molecule has 0 radical (unpaired) electrons. The van der Waals surface area contributed by atoms with Gasteiger partial charge in [-0.3, -0.25) is 9.59 Å². The number of hydrogen-bond acceptors (Lipinski definition) is 5. The van der Waals surface area contributed by atoms with Gasteiger partial charge >= 0.3 is 0 Å². The van der Waals surface area contributed by atoms with E-state index in [1.807, 2.05) is 0 Å². The van der Waals surface area contributed by atoms with Gasteiger partial charge in [0.15, 0.2) is 5.78 Å². The fourth-order valence-electron chi connectivity index (χ4n) is 2.04. The second kappa shape index (κ2) is 9.90. The molecule has 0 unspecified atom stereocenters. The molecule has 1 N–H and O–H groups in total. The maximum atomic E-state index is 12.1. The average Bonchev–Trinajstić information content (AvgIpc) is 2.62. The number of hydrogen-bond donors (Lipinski definition) is 1. The van der Waals surface area contributed by atoms with E-state index in [0.717, 1.165) is 4.47 Å². The van der Waals surface area contributed by atoms with Crippen LogP contribution in [0.3, 0.4) is 0 Å². The summed E-state index contributed by atoms with van der Waals surface area (Å²) in [6.45, 7) is 0.754. The summed E-state index contributed by atoms with van der Waals surface area (Å²) in [5.74, 6) is -0.0207. The number of nitrogens with one attached hydrogen (secondary N) is 1. The summed E-state index contributed by atoms with van der Waals surface area (Å²) in [7, 11) is 1.58. The number of amides is 1. The van der Waals surface area contributed by atoms with Crippen LogP contribution in [0.15, 0.2) is 47.1 Å². The average molecular weight is 407 g/mol. The fourth-order valence-corrected chi connectivity index (χ4v) is 2.31. The molecule has 0 bridgehead atoms. The van der Waals surface area contributed by atoms with Crippen LogP contribution in [0.25, 0.3) is 0 Å². The zero-order valence-corrected chi connectivity index (χ0v) is 15.4. The maximum absolute atomic E-state index is 12.1. The highest BCUT2D eigenvalue weighted by molar-refractivity contribution is 9.10. The van der Waals surface area contributed by atoms with Crippen LogP contribution >= 0.6 is 15.9 Å². The van der Waals surface area contributed by atoms with Gasteiger partial charge in [-0.1, -0.05) is 28.1 Å². The van der Waals surface area contributed by atoms with Crippen LogP contribution in [0.1, 0.15) is 23.2 Å². The number of rotatable bonds is 9. The predicted octanol–water partition coefficient (Wildman–Crippen LogP) is 3.47. The van der Waals surface area contributed by atoms with Crippen molar-refractivity contribution in [2.45, 2.75) is 12.8 Å². The Balaban J connectivity index is 1.87. The lowest BCUT2D eigenvalue weighted by Crippen LogP contribution is -2.15. The summed E-state index contributed by atoms with van der Waals surface area (Å²) < 4.78 is 11.3. The third kappa shape index (κ3) is 6.28. The number of benzene rings is 1. The molecule has 0 atom stereocenters. The van der Waals surface area contributed by atoms with Gasteiger partial charge in [0.25, 0.3) is 0 Å². The number of halogens is 1.